The number of likely N-dealkylation sites (tertiary alicyclic amines) is 1. The third-order valence-corrected chi connectivity index (χ3v) is 6.76. The third kappa shape index (κ3) is 8.97. The van der Waals surface area contributed by atoms with Crippen molar-refractivity contribution >= 4 is 12.0 Å². The van der Waals surface area contributed by atoms with Gasteiger partial charge in [0, 0.05) is 25.7 Å². The van der Waals surface area contributed by atoms with E-state index in [2.05, 4.69) is 59.5 Å². The number of rotatable bonds is 13. The Hall–Kier alpha value is -4.13. The van der Waals surface area contributed by atoms with Crippen LogP contribution < -0.4 is 9.47 Å². The van der Waals surface area contributed by atoms with Gasteiger partial charge >= 0.3 is 5.97 Å². The maximum atomic E-state index is 10.6. The van der Waals surface area contributed by atoms with Crippen LogP contribution in [0.15, 0.2) is 109 Å². The second-order valence-electron chi connectivity index (χ2n) is 9.59. The number of hydrogen-bond acceptors (Lipinski definition) is 5. The minimum Gasteiger partial charge on any atom is -0.493 e. The fraction of sp³-hybridized carbons (Fsp3) is 0.265. The topological polar surface area (TPSA) is 68.2 Å². The lowest BCUT2D eigenvalue weighted by Crippen LogP contribution is -2.37. The average Bonchev–Trinajstić information content (AvgIpc) is 2.99. The van der Waals surface area contributed by atoms with Crippen LogP contribution in [0.1, 0.15) is 35.6 Å². The standard InChI is InChI=1S/C34H37NO5/c1-38-32-26-27(12-8-9-17-33(36)37)18-19-31(32)39-25-11-10-22-35-23-20-30(21-24-35)40-34(28-13-4-2-5-14-28)29-15-6-3-7-16-29/h2-19,26,30,34H,20-25H2,1H3,(H,36,37). The summed E-state index contributed by atoms with van der Waals surface area (Å²) in [6, 6.07) is 26.6. The Labute approximate surface area is 236 Å². The summed E-state index contributed by atoms with van der Waals surface area (Å²) in [5.74, 6) is 0.312. The van der Waals surface area contributed by atoms with E-state index < -0.39 is 5.97 Å². The summed E-state index contributed by atoms with van der Waals surface area (Å²) in [6.07, 6.45) is 12.4. The van der Waals surface area contributed by atoms with Crippen molar-refractivity contribution in [1.82, 2.24) is 4.90 Å². The van der Waals surface area contributed by atoms with Gasteiger partial charge in [0.15, 0.2) is 11.5 Å². The van der Waals surface area contributed by atoms with Crippen molar-refractivity contribution in [2.24, 2.45) is 0 Å². The molecule has 40 heavy (non-hydrogen) atoms. The molecule has 0 radical (unpaired) electrons. The molecule has 1 heterocycles. The van der Waals surface area contributed by atoms with Gasteiger partial charge in [0.05, 0.1) is 13.2 Å². The Morgan fingerprint density at radius 2 is 1.60 bits per heavy atom. The Morgan fingerprint density at radius 3 is 2.23 bits per heavy atom. The summed E-state index contributed by atoms with van der Waals surface area (Å²) in [5.41, 5.74) is 3.27. The van der Waals surface area contributed by atoms with Gasteiger partial charge in [0.1, 0.15) is 12.7 Å². The van der Waals surface area contributed by atoms with Gasteiger partial charge < -0.3 is 19.3 Å². The van der Waals surface area contributed by atoms with Crippen molar-refractivity contribution in [3.8, 4) is 11.5 Å². The molecule has 3 aromatic carbocycles. The number of methoxy groups -OCH3 is 1. The number of nitrogens with zero attached hydrogens (tertiary/aromatic N) is 1. The van der Waals surface area contributed by atoms with Gasteiger partial charge in [-0.2, -0.15) is 0 Å². The van der Waals surface area contributed by atoms with Crippen molar-refractivity contribution in [3.63, 3.8) is 0 Å². The molecule has 1 N–H and O–H groups in total. The highest BCUT2D eigenvalue weighted by Gasteiger charge is 2.24. The number of ether oxygens (including phenoxy) is 3. The lowest BCUT2D eigenvalue weighted by molar-refractivity contribution is -0.131. The molecule has 1 saturated heterocycles. The van der Waals surface area contributed by atoms with Crippen LogP contribution >= 0.6 is 0 Å². The SMILES string of the molecule is COc1cc(C=CC=CC(=O)O)ccc1OCC=CCN1CCC(OC(c2ccccc2)c2ccccc2)CC1. The van der Waals surface area contributed by atoms with E-state index in [4.69, 9.17) is 19.3 Å². The molecule has 208 valence electrons. The highest BCUT2D eigenvalue weighted by molar-refractivity contribution is 5.80. The van der Waals surface area contributed by atoms with E-state index in [0.29, 0.717) is 18.1 Å². The summed E-state index contributed by atoms with van der Waals surface area (Å²) in [4.78, 5) is 13.0. The second kappa shape index (κ2) is 15.5. The molecule has 6 heteroatoms. The molecule has 1 aliphatic heterocycles. The molecular formula is C34H37NO5. The summed E-state index contributed by atoms with van der Waals surface area (Å²) < 4.78 is 18.0. The molecule has 0 aliphatic carbocycles. The van der Waals surface area contributed by atoms with E-state index in [1.165, 1.54) is 17.2 Å². The zero-order chi connectivity index (χ0) is 28.0. The summed E-state index contributed by atoms with van der Waals surface area (Å²) in [5, 5.41) is 8.66. The number of allylic oxidation sites excluding steroid dienone is 2. The third-order valence-electron chi connectivity index (χ3n) is 6.76. The van der Waals surface area contributed by atoms with Gasteiger partial charge in [-0.15, -0.1) is 0 Å². The number of carboxylic acid groups (broad SMARTS) is 1. The van der Waals surface area contributed by atoms with E-state index in [1.54, 1.807) is 13.2 Å². The van der Waals surface area contributed by atoms with Crippen molar-refractivity contribution in [3.05, 3.63) is 126 Å². The van der Waals surface area contributed by atoms with E-state index in [9.17, 15) is 4.79 Å². The molecule has 1 aliphatic rings. The first kappa shape index (κ1) is 28.9. The van der Waals surface area contributed by atoms with Crippen molar-refractivity contribution < 1.29 is 24.1 Å². The lowest BCUT2D eigenvalue weighted by Gasteiger charge is -2.33. The predicted octanol–water partition coefficient (Wildman–Crippen LogP) is 6.55. The largest absolute Gasteiger partial charge is 0.493 e. The van der Waals surface area contributed by atoms with E-state index >= 15 is 0 Å². The highest BCUT2D eigenvalue weighted by Crippen LogP contribution is 2.30. The van der Waals surface area contributed by atoms with Crippen LogP contribution in [0.2, 0.25) is 0 Å². The van der Waals surface area contributed by atoms with Crippen LogP contribution in [0.4, 0.5) is 0 Å². The zero-order valence-electron chi connectivity index (χ0n) is 22.9. The molecular weight excluding hydrogens is 502 g/mol. The van der Waals surface area contributed by atoms with Crippen LogP contribution in [-0.2, 0) is 9.53 Å². The first-order valence-corrected chi connectivity index (χ1v) is 13.6. The predicted molar refractivity (Wildman–Crippen MR) is 159 cm³/mol. The van der Waals surface area contributed by atoms with Gasteiger partial charge in [-0.1, -0.05) is 97.1 Å². The fourth-order valence-corrected chi connectivity index (χ4v) is 4.67. The maximum Gasteiger partial charge on any atom is 0.328 e. The van der Waals surface area contributed by atoms with Gasteiger partial charge in [-0.3, -0.25) is 4.90 Å². The Bertz CT molecular complexity index is 1240. The first-order chi connectivity index (χ1) is 19.6. The summed E-state index contributed by atoms with van der Waals surface area (Å²) in [6.45, 7) is 3.32. The Kier molecular flexibility index (Phi) is 11.2. The number of carbonyl (C=O) groups is 1. The van der Waals surface area contributed by atoms with Crippen LogP contribution in [-0.4, -0.2) is 55.4 Å². The summed E-state index contributed by atoms with van der Waals surface area (Å²) >= 11 is 0. The van der Waals surface area contributed by atoms with Crippen molar-refractivity contribution in [1.29, 1.82) is 0 Å². The normalized spacial score (nSPS) is 14.9. The minimum atomic E-state index is -0.978. The number of piperidine rings is 1. The van der Waals surface area contributed by atoms with Gasteiger partial charge in [0.25, 0.3) is 0 Å². The van der Waals surface area contributed by atoms with Crippen LogP contribution in [0, 0.1) is 0 Å². The quantitative estimate of drug-likeness (QED) is 0.151. The van der Waals surface area contributed by atoms with Gasteiger partial charge in [-0.25, -0.2) is 4.79 Å². The van der Waals surface area contributed by atoms with E-state index in [1.807, 2.05) is 42.5 Å². The van der Waals surface area contributed by atoms with Crippen LogP contribution in [0.5, 0.6) is 11.5 Å². The number of hydrogen-bond donors (Lipinski definition) is 1. The number of carboxylic acids is 1. The molecule has 3 aromatic rings. The van der Waals surface area contributed by atoms with Crippen LogP contribution in [0.25, 0.3) is 6.08 Å². The van der Waals surface area contributed by atoms with Crippen molar-refractivity contribution in [2.75, 3.05) is 33.4 Å². The molecule has 0 saturated carbocycles. The van der Waals surface area contributed by atoms with Crippen molar-refractivity contribution in [2.45, 2.75) is 25.0 Å². The van der Waals surface area contributed by atoms with E-state index in [-0.39, 0.29) is 12.2 Å². The Balaban J connectivity index is 1.21. The molecule has 0 unspecified atom stereocenters. The van der Waals surface area contributed by atoms with Gasteiger partial charge in [-0.05, 0) is 41.7 Å². The Morgan fingerprint density at radius 1 is 0.925 bits per heavy atom. The molecule has 4 rings (SSSR count). The summed E-state index contributed by atoms with van der Waals surface area (Å²) in [7, 11) is 1.60. The molecule has 0 aromatic heterocycles. The molecule has 0 bridgehead atoms. The minimum absolute atomic E-state index is 0.0492. The maximum absolute atomic E-state index is 10.6. The lowest BCUT2D eigenvalue weighted by atomic mass is 10.00. The fourth-order valence-electron chi connectivity index (χ4n) is 4.67. The molecule has 0 spiro atoms. The number of aliphatic carboxylic acids is 1. The van der Waals surface area contributed by atoms with Crippen LogP contribution in [0.3, 0.4) is 0 Å². The molecule has 0 atom stereocenters. The second-order valence-corrected chi connectivity index (χ2v) is 9.59. The molecule has 1 fully saturated rings. The molecule has 6 nitrogen and oxygen atoms in total. The highest BCUT2D eigenvalue weighted by atomic mass is 16.5. The molecule has 0 amide bonds. The smallest absolute Gasteiger partial charge is 0.328 e. The average molecular weight is 540 g/mol. The van der Waals surface area contributed by atoms with E-state index in [0.717, 1.165) is 44.1 Å². The van der Waals surface area contributed by atoms with Gasteiger partial charge in [0.2, 0.25) is 0 Å². The first-order valence-electron chi connectivity index (χ1n) is 13.6. The monoisotopic (exact) mass is 539 g/mol. The number of benzene rings is 3. The zero-order valence-corrected chi connectivity index (χ0v) is 22.9.